The van der Waals surface area contributed by atoms with Gasteiger partial charge in [0.25, 0.3) is 0 Å². The van der Waals surface area contributed by atoms with Gasteiger partial charge in [0, 0.05) is 18.7 Å². The molecule has 0 unspecified atom stereocenters. The number of benzene rings is 3. The van der Waals surface area contributed by atoms with E-state index in [0.717, 1.165) is 16.8 Å². The van der Waals surface area contributed by atoms with Crippen molar-refractivity contribution in [3.63, 3.8) is 0 Å². The van der Waals surface area contributed by atoms with E-state index in [1.807, 2.05) is 31.2 Å². The molecule has 0 saturated carbocycles. The van der Waals surface area contributed by atoms with Crippen LogP contribution in [0.5, 0.6) is 5.75 Å². The van der Waals surface area contributed by atoms with E-state index in [1.165, 1.54) is 12.1 Å². The van der Waals surface area contributed by atoms with Crippen LogP contribution in [-0.4, -0.2) is 18.4 Å². The minimum atomic E-state index is -0.422. The van der Waals surface area contributed by atoms with Crippen LogP contribution in [0.25, 0.3) is 0 Å². The first-order chi connectivity index (χ1) is 15.5. The van der Waals surface area contributed by atoms with Crippen molar-refractivity contribution in [1.82, 2.24) is 5.43 Å². The van der Waals surface area contributed by atoms with Crippen molar-refractivity contribution in [2.24, 2.45) is 5.92 Å². The lowest BCUT2D eigenvalue weighted by Gasteiger charge is -2.17. The fourth-order valence-electron chi connectivity index (χ4n) is 3.48. The highest BCUT2D eigenvalue weighted by atomic mass is 19.1. The lowest BCUT2D eigenvalue weighted by molar-refractivity contribution is -0.125. The van der Waals surface area contributed by atoms with Crippen LogP contribution in [0.3, 0.4) is 0 Å². The van der Waals surface area contributed by atoms with E-state index in [1.54, 1.807) is 41.3 Å². The van der Waals surface area contributed by atoms with Gasteiger partial charge >= 0.3 is 0 Å². The Morgan fingerprint density at radius 1 is 1.03 bits per heavy atom. The predicted molar refractivity (Wildman–Crippen MR) is 121 cm³/mol. The maximum Gasteiger partial charge on any atom is 0.243 e. The van der Waals surface area contributed by atoms with Gasteiger partial charge < -0.3 is 9.64 Å². The maximum atomic E-state index is 13.0. The van der Waals surface area contributed by atoms with Gasteiger partial charge in [-0.15, -0.1) is 0 Å². The van der Waals surface area contributed by atoms with Crippen LogP contribution in [-0.2, 0) is 16.2 Å². The van der Waals surface area contributed by atoms with Gasteiger partial charge in [0.15, 0.2) is 0 Å². The molecule has 2 N–H and O–H groups in total. The van der Waals surface area contributed by atoms with Gasteiger partial charge in [-0.25, -0.2) is 4.39 Å². The Kier molecular flexibility index (Phi) is 6.35. The number of nitrogens with zero attached hydrogens (tertiary/aromatic N) is 1. The number of hydrazine groups is 1. The zero-order valence-electron chi connectivity index (χ0n) is 17.7. The molecule has 1 aliphatic heterocycles. The Hall–Kier alpha value is -3.87. The quantitative estimate of drug-likeness (QED) is 0.548. The largest absolute Gasteiger partial charge is 0.489 e. The Labute approximate surface area is 186 Å². The van der Waals surface area contributed by atoms with Crippen molar-refractivity contribution < 1.29 is 18.7 Å². The van der Waals surface area contributed by atoms with E-state index >= 15 is 0 Å². The number of halogens is 1. The van der Waals surface area contributed by atoms with Crippen molar-refractivity contribution in [1.29, 1.82) is 0 Å². The molecule has 1 saturated heterocycles. The number of hydrogen-bond acceptors (Lipinski definition) is 4. The van der Waals surface area contributed by atoms with Crippen LogP contribution in [0.2, 0.25) is 0 Å². The number of carbonyl (C=O) groups excluding carboxylic acids is 2. The number of aryl methyl sites for hydroxylation is 1. The highest BCUT2D eigenvalue weighted by Gasteiger charge is 2.35. The first-order valence-corrected chi connectivity index (χ1v) is 10.4. The molecule has 3 aromatic carbocycles. The molecule has 4 rings (SSSR count). The molecule has 2 amide bonds. The van der Waals surface area contributed by atoms with Crippen LogP contribution in [0.4, 0.5) is 15.8 Å². The minimum Gasteiger partial charge on any atom is -0.489 e. The van der Waals surface area contributed by atoms with Gasteiger partial charge in [0.05, 0.1) is 11.6 Å². The summed E-state index contributed by atoms with van der Waals surface area (Å²) in [4.78, 5) is 26.6. The van der Waals surface area contributed by atoms with Crippen LogP contribution >= 0.6 is 0 Å². The molecule has 0 bridgehead atoms. The van der Waals surface area contributed by atoms with E-state index in [0.29, 0.717) is 24.6 Å². The molecule has 7 heteroatoms. The standard InChI is InChI=1S/C25H24FN3O3/c1-17-2-10-22(11-3-17)29-15-19(14-24(29)30)25(31)28-27-21-8-12-23(13-9-21)32-16-18-4-6-20(26)7-5-18/h2-13,19,27H,14-16H2,1H3,(H,28,31)/t19-/m1/s1. The van der Waals surface area contributed by atoms with Crippen LogP contribution in [0, 0.1) is 18.7 Å². The SMILES string of the molecule is Cc1ccc(N2C[C@H](C(=O)NNc3ccc(OCc4ccc(F)cc4)cc3)CC2=O)cc1. The summed E-state index contributed by atoms with van der Waals surface area (Å²) in [6.07, 6.45) is 0.178. The number of rotatable bonds is 7. The van der Waals surface area contributed by atoms with Crippen molar-refractivity contribution in [3.05, 3.63) is 89.7 Å². The summed E-state index contributed by atoms with van der Waals surface area (Å²) in [5.74, 6) is -0.340. The maximum absolute atomic E-state index is 13.0. The molecule has 6 nitrogen and oxygen atoms in total. The molecule has 0 spiro atoms. The van der Waals surface area contributed by atoms with Crippen molar-refractivity contribution in [2.75, 3.05) is 16.9 Å². The second kappa shape index (κ2) is 9.51. The zero-order chi connectivity index (χ0) is 22.5. The summed E-state index contributed by atoms with van der Waals surface area (Å²) in [6, 6.07) is 20.9. The summed E-state index contributed by atoms with van der Waals surface area (Å²) in [5, 5.41) is 0. The number of amides is 2. The Balaban J connectivity index is 1.26. The van der Waals surface area contributed by atoms with E-state index in [2.05, 4.69) is 10.9 Å². The van der Waals surface area contributed by atoms with Crippen molar-refractivity contribution in [3.8, 4) is 5.75 Å². The third-order valence-corrected chi connectivity index (χ3v) is 5.34. The van der Waals surface area contributed by atoms with Gasteiger partial charge in [-0.05, 0) is 61.0 Å². The summed E-state index contributed by atoms with van der Waals surface area (Å²) < 4.78 is 18.6. The van der Waals surface area contributed by atoms with Gasteiger partial charge in [-0.1, -0.05) is 29.8 Å². The molecule has 164 valence electrons. The molecule has 1 aliphatic rings. The third-order valence-electron chi connectivity index (χ3n) is 5.34. The summed E-state index contributed by atoms with van der Waals surface area (Å²) in [5.41, 5.74) is 9.04. The smallest absolute Gasteiger partial charge is 0.243 e. The highest BCUT2D eigenvalue weighted by molar-refractivity contribution is 6.00. The van der Waals surface area contributed by atoms with Crippen LogP contribution in [0.1, 0.15) is 17.5 Å². The Morgan fingerprint density at radius 2 is 1.72 bits per heavy atom. The second-order valence-electron chi connectivity index (χ2n) is 7.79. The second-order valence-corrected chi connectivity index (χ2v) is 7.79. The Morgan fingerprint density at radius 3 is 2.41 bits per heavy atom. The molecule has 3 aromatic rings. The van der Waals surface area contributed by atoms with Crippen LogP contribution in [0.15, 0.2) is 72.8 Å². The van der Waals surface area contributed by atoms with Gasteiger partial charge in [0.2, 0.25) is 11.8 Å². The first kappa shape index (κ1) is 21.4. The fraction of sp³-hybridized carbons (Fsp3) is 0.200. The minimum absolute atomic E-state index is 0.0586. The number of carbonyl (C=O) groups is 2. The lowest BCUT2D eigenvalue weighted by atomic mass is 10.1. The van der Waals surface area contributed by atoms with E-state index in [-0.39, 0.29) is 24.1 Å². The summed E-state index contributed by atoms with van der Waals surface area (Å²) in [7, 11) is 0. The zero-order valence-corrected chi connectivity index (χ0v) is 17.7. The van der Waals surface area contributed by atoms with E-state index < -0.39 is 5.92 Å². The lowest BCUT2D eigenvalue weighted by Crippen LogP contribution is -2.36. The molecule has 0 radical (unpaired) electrons. The molecule has 1 heterocycles. The molecule has 1 atom stereocenters. The molecule has 32 heavy (non-hydrogen) atoms. The topological polar surface area (TPSA) is 70.7 Å². The van der Waals surface area contributed by atoms with Crippen molar-refractivity contribution in [2.45, 2.75) is 20.0 Å². The van der Waals surface area contributed by atoms with Gasteiger partial charge in [-0.2, -0.15) is 0 Å². The molecule has 0 aliphatic carbocycles. The molecule has 0 aromatic heterocycles. The van der Waals surface area contributed by atoms with Crippen molar-refractivity contribution >= 4 is 23.2 Å². The number of anilines is 2. The van der Waals surface area contributed by atoms with E-state index in [9.17, 15) is 14.0 Å². The highest BCUT2D eigenvalue weighted by Crippen LogP contribution is 2.25. The number of hydrogen-bond donors (Lipinski definition) is 2. The monoisotopic (exact) mass is 433 g/mol. The number of ether oxygens (including phenoxy) is 1. The van der Waals surface area contributed by atoms with Gasteiger partial charge in [-0.3, -0.25) is 20.4 Å². The fourth-order valence-corrected chi connectivity index (χ4v) is 3.48. The third kappa shape index (κ3) is 5.24. The molecular weight excluding hydrogens is 409 g/mol. The molecular formula is C25H24FN3O3. The van der Waals surface area contributed by atoms with E-state index in [4.69, 9.17) is 4.74 Å². The average Bonchev–Trinajstić information content (AvgIpc) is 3.20. The Bertz CT molecular complexity index is 1080. The first-order valence-electron chi connectivity index (χ1n) is 10.4. The predicted octanol–water partition coefficient (Wildman–Crippen LogP) is 4.21. The summed E-state index contributed by atoms with van der Waals surface area (Å²) in [6.45, 7) is 2.67. The number of nitrogens with one attached hydrogen (secondary N) is 2. The van der Waals surface area contributed by atoms with Crippen LogP contribution < -0.4 is 20.5 Å². The summed E-state index contributed by atoms with van der Waals surface area (Å²) >= 11 is 0. The van der Waals surface area contributed by atoms with Gasteiger partial charge in [0.1, 0.15) is 18.2 Å². The normalized spacial score (nSPS) is 15.5. The average molecular weight is 433 g/mol. The molecule has 1 fully saturated rings.